The molecular weight excluding hydrogens is 364 g/mol. The minimum Gasteiger partial charge on any atom is -0.326 e. The van der Waals surface area contributed by atoms with Crippen LogP contribution in [-0.2, 0) is 14.8 Å². The lowest BCUT2D eigenvalue weighted by atomic mass is 10.1. The third-order valence-corrected chi connectivity index (χ3v) is 5.32. The lowest BCUT2D eigenvalue weighted by Gasteiger charge is -2.09. The Morgan fingerprint density at radius 1 is 1.04 bits per heavy atom. The average Bonchev–Trinajstić information content (AvgIpc) is 2.61. The van der Waals surface area contributed by atoms with Gasteiger partial charge in [0.2, 0.25) is 11.9 Å². The van der Waals surface area contributed by atoms with E-state index in [1.54, 1.807) is 25.1 Å². The lowest BCUT2D eigenvalue weighted by molar-refractivity contribution is -0.116. The minimum absolute atomic E-state index is 0.0236. The molecule has 0 aliphatic carbocycles. The van der Waals surface area contributed by atoms with Crippen molar-refractivity contribution in [3.8, 4) is 0 Å². The summed E-state index contributed by atoms with van der Waals surface area (Å²) in [5.74, 6) is -0.0381. The third-order valence-electron chi connectivity index (χ3n) is 3.98. The van der Waals surface area contributed by atoms with Crippen molar-refractivity contribution in [3.63, 3.8) is 0 Å². The van der Waals surface area contributed by atoms with Gasteiger partial charge in [-0.2, -0.15) is 0 Å². The summed E-state index contributed by atoms with van der Waals surface area (Å²) in [7, 11) is -3.79. The van der Waals surface area contributed by atoms with Crippen molar-refractivity contribution in [1.29, 1.82) is 0 Å². The maximum atomic E-state index is 12.4. The van der Waals surface area contributed by atoms with Crippen LogP contribution in [-0.4, -0.2) is 24.3 Å². The largest absolute Gasteiger partial charge is 0.326 e. The molecule has 1 amide bonds. The van der Waals surface area contributed by atoms with Crippen LogP contribution in [0.5, 0.6) is 0 Å². The fourth-order valence-electron chi connectivity index (χ4n) is 2.51. The van der Waals surface area contributed by atoms with E-state index in [1.807, 2.05) is 0 Å². The Labute approximate surface area is 160 Å². The van der Waals surface area contributed by atoms with Gasteiger partial charge in [-0.15, -0.1) is 0 Å². The van der Waals surface area contributed by atoms with Crippen molar-refractivity contribution in [3.05, 3.63) is 42.2 Å². The van der Waals surface area contributed by atoms with Gasteiger partial charge in [-0.25, -0.2) is 23.1 Å². The molecule has 0 atom stereocenters. The van der Waals surface area contributed by atoms with Gasteiger partial charge in [0.1, 0.15) is 0 Å². The number of rotatable bonds is 10. The highest BCUT2D eigenvalue weighted by Gasteiger charge is 2.15. The Morgan fingerprint density at radius 3 is 2.41 bits per heavy atom. The van der Waals surface area contributed by atoms with E-state index in [1.165, 1.54) is 31.2 Å². The van der Waals surface area contributed by atoms with E-state index in [2.05, 4.69) is 26.9 Å². The molecule has 0 spiro atoms. The predicted molar refractivity (Wildman–Crippen MR) is 106 cm³/mol. The first-order valence-electron chi connectivity index (χ1n) is 9.13. The minimum atomic E-state index is -3.79. The molecule has 0 bridgehead atoms. The Bertz CT molecular complexity index is 852. The van der Waals surface area contributed by atoms with E-state index in [0.29, 0.717) is 17.8 Å². The summed E-state index contributed by atoms with van der Waals surface area (Å²) < 4.78 is 27.1. The van der Waals surface area contributed by atoms with E-state index >= 15 is 0 Å². The van der Waals surface area contributed by atoms with Crippen LogP contribution >= 0.6 is 0 Å². The highest BCUT2D eigenvalue weighted by atomic mass is 32.2. The monoisotopic (exact) mass is 390 g/mol. The standard InChI is InChI=1S/C19H26N4O3S/c1-3-4-5-6-7-8-18(24)22-16-9-11-17(12-10-16)27(25,26)23-19-20-14-13-15(2)21-19/h9-14H,3-8H2,1-2H3,(H,22,24)(H,20,21,23). The van der Waals surface area contributed by atoms with E-state index in [4.69, 9.17) is 0 Å². The average molecular weight is 391 g/mol. The number of carbonyl (C=O) groups excluding carboxylic acids is 1. The van der Waals surface area contributed by atoms with Crippen molar-refractivity contribution in [2.24, 2.45) is 0 Å². The van der Waals surface area contributed by atoms with Crippen LogP contribution in [0.3, 0.4) is 0 Å². The molecule has 0 saturated heterocycles. The Morgan fingerprint density at radius 2 is 1.74 bits per heavy atom. The molecule has 8 heteroatoms. The molecule has 146 valence electrons. The second kappa shape index (κ2) is 10.0. The highest BCUT2D eigenvalue weighted by molar-refractivity contribution is 7.92. The second-order valence-corrected chi connectivity index (χ2v) is 8.05. The molecule has 2 N–H and O–H groups in total. The van der Waals surface area contributed by atoms with Gasteiger partial charge in [-0.05, 0) is 43.7 Å². The number of unbranched alkanes of at least 4 members (excludes halogenated alkanes) is 4. The Kier molecular flexibility index (Phi) is 7.72. The smallest absolute Gasteiger partial charge is 0.264 e. The van der Waals surface area contributed by atoms with Crippen LogP contribution in [0, 0.1) is 6.92 Å². The van der Waals surface area contributed by atoms with Gasteiger partial charge in [0.15, 0.2) is 0 Å². The number of aryl methyl sites for hydroxylation is 1. The number of sulfonamides is 1. The molecule has 0 fully saturated rings. The Balaban J connectivity index is 1.91. The fraction of sp³-hybridized carbons (Fsp3) is 0.421. The molecule has 2 aromatic rings. The van der Waals surface area contributed by atoms with Crippen molar-refractivity contribution in [1.82, 2.24) is 9.97 Å². The summed E-state index contributed by atoms with van der Waals surface area (Å²) in [6, 6.07) is 7.70. The maximum Gasteiger partial charge on any atom is 0.264 e. The number of hydrogen-bond donors (Lipinski definition) is 2. The molecule has 0 radical (unpaired) electrons. The number of anilines is 2. The number of aromatic nitrogens is 2. The third kappa shape index (κ3) is 6.97. The zero-order valence-corrected chi connectivity index (χ0v) is 16.6. The molecule has 7 nitrogen and oxygen atoms in total. The first kappa shape index (κ1) is 20.8. The molecule has 1 aromatic heterocycles. The number of amides is 1. The number of nitrogens with one attached hydrogen (secondary N) is 2. The molecular formula is C19H26N4O3S. The van der Waals surface area contributed by atoms with Crippen molar-refractivity contribution in [2.75, 3.05) is 10.0 Å². The molecule has 0 aliphatic heterocycles. The number of carbonyl (C=O) groups is 1. The quantitative estimate of drug-likeness (QED) is 0.600. The van der Waals surface area contributed by atoms with E-state index in [9.17, 15) is 13.2 Å². The molecule has 1 heterocycles. The number of benzene rings is 1. The van der Waals surface area contributed by atoms with Crippen LogP contribution in [0.25, 0.3) is 0 Å². The molecule has 27 heavy (non-hydrogen) atoms. The van der Waals surface area contributed by atoms with Gasteiger partial charge in [-0.3, -0.25) is 4.79 Å². The molecule has 2 rings (SSSR count). The van der Waals surface area contributed by atoms with Crippen molar-refractivity contribution >= 4 is 27.6 Å². The van der Waals surface area contributed by atoms with E-state index in [-0.39, 0.29) is 16.8 Å². The summed E-state index contributed by atoms with van der Waals surface area (Å²) in [5, 5.41) is 2.79. The lowest BCUT2D eigenvalue weighted by Crippen LogP contribution is -2.15. The van der Waals surface area contributed by atoms with Gasteiger partial charge in [0.25, 0.3) is 10.0 Å². The highest BCUT2D eigenvalue weighted by Crippen LogP contribution is 2.17. The van der Waals surface area contributed by atoms with E-state index in [0.717, 1.165) is 19.3 Å². The predicted octanol–water partition coefficient (Wildman–Crippen LogP) is 3.88. The van der Waals surface area contributed by atoms with Crippen LogP contribution in [0.4, 0.5) is 11.6 Å². The summed E-state index contributed by atoms with van der Waals surface area (Å²) in [6.07, 6.45) is 7.38. The van der Waals surface area contributed by atoms with Gasteiger partial charge < -0.3 is 5.32 Å². The zero-order chi connectivity index (χ0) is 19.7. The maximum absolute atomic E-state index is 12.4. The summed E-state index contributed by atoms with van der Waals surface area (Å²) in [6.45, 7) is 3.90. The normalized spacial score (nSPS) is 11.2. The van der Waals surface area contributed by atoms with E-state index < -0.39 is 10.0 Å². The molecule has 1 aromatic carbocycles. The zero-order valence-electron chi connectivity index (χ0n) is 15.7. The summed E-state index contributed by atoms with van der Waals surface area (Å²) >= 11 is 0. The SMILES string of the molecule is CCCCCCCC(=O)Nc1ccc(S(=O)(=O)Nc2nccc(C)n2)cc1. The number of nitrogens with zero attached hydrogens (tertiary/aromatic N) is 2. The van der Waals surface area contributed by atoms with Crippen molar-refractivity contribution in [2.45, 2.75) is 57.3 Å². The van der Waals surface area contributed by atoms with Crippen LogP contribution < -0.4 is 10.0 Å². The van der Waals surface area contributed by atoms with Gasteiger partial charge >= 0.3 is 0 Å². The topological polar surface area (TPSA) is 101 Å². The summed E-state index contributed by atoms with van der Waals surface area (Å²) in [5.41, 5.74) is 1.23. The van der Waals surface area contributed by atoms with Gasteiger partial charge in [0, 0.05) is 24.0 Å². The van der Waals surface area contributed by atoms with Crippen molar-refractivity contribution < 1.29 is 13.2 Å². The van der Waals surface area contributed by atoms with Gasteiger partial charge in [-0.1, -0.05) is 32.6 Å². The van der Waals surface area contributed by atoms with Crippen LogP contribution in [0.1, 0.15) is 51.1 Å². The first-order chi connectivity index (χ1) is 12.9. The summed E-state index contributed by atoms with van der Waals surface area (Å²) in [4.78, 5) is 19.9. The van der Waals surface area contributed by atoms with Crippen LogP contribution in [0.15, 0.2) is 41.4 Å². The molecule has 0 unspecified atom stereocenters. The number of hydrogen-bond acceptors (Lipinski definition) is 5. The fourth-order valence-corrected chi connectivity index (χ4v) is 3.46. The molecule has 0 saturated carbocycles. The Hall–Kier alpha value is -2.48. The van der Waals surface area contributed by atoms with Gasteiger partial charge in [0.05, 0.1) is 4.90 Å². The second-order valence-electron chi connectivity index (χ2n) is 6.36. The molecule has 0 aliphatic rings. The van der Waals surface area contributed by atoms with Crippen LogP contribution in [0.2, 0.25) is 0 Å². The first-order valence-corrected chi connectivity index (χ1v) is 10.6.